The molecule has 0 fully saturated rings. The van der Waals surface area contributed by atoms with Crippen molar-refractivity contribution in [1.29, 1.82) is 0 Å². The third-order valence-corrected chi connectivity index (χ3v) is 4.68. The van der Waals surface area contributed by atoms with Crippen LogP contribution in [0.1, 0.15) is 12.6 Å². The van der Waals surface area contributed by atoms with Crippen LogP contribution in [0.25, 0.3) is 0 Å². The number of benzene rings is 1. The highest BCUT2D eigenvalue weighted by Gasteiger charge is 2.35. The van der Waals surface area contributed by atoms with Gasteiger partial charge in [-0.1, -0.05) is 18.7 Å². The first-order chi connectivity index (χ1) is 11.6. The van der Waals surface area contributed by atoms with Crippen LogP contribution in [0.2, 0.25) is 0 Å². The monoisotopic (exact) mass is 400 g/mol. The molecule has 0 unspecified atom stereocenters. The van der Waals surface area contributed by atoms with E-state index in [0.717, 1.165) is 17.8 Å². The van der Waals surface area contributed by atoms with Crippen LogP contribution in [0, 0.1) is 36.0 Å². The summed E-state index contributed by atoms with van der Waals surface area (Å²) in [6, 6.07) is 1.03. The van der Waals surface area contributed by atoms with Gasteiger partial charge in [0, 0.05) is 11.8 Å². The zero-order valence-corrected chi connectivity index (χ0v) is 14.2. The van der Waals surface area contributed by atoms with E-state index < -0.39 is 50.0 Å². The number of aryl methyl sites for hydroxylation is 1. The van der Waals surface area contributed by atoms with Crippen molar-refractivity contribution in [3.05, 3.63) is 40.8 Å². The highest BCUT2D eigenvalue weighted by molar-refractivity contribution is 7.99. The van der Waals surface area contributed by atoms with Gasteiger partial charge in [0.15, 0.2) is 33.3 Å². The Hall–Kier alpha value is -1.95. The van der Waals surface area contributed by atoms with Crippen LogP contribution < -0.4 is 4.18 Å². The van der Waals surface area contributed by atoms with E-state index in [1.54, 1.807) is 6.92 Å². The standard InChI is InChI=1S/C13H9F5N2O3S2/c1-3-24-13-19-5(2)4-6(20-13)23-25(21,22)12-10(17)8(15)7(14)9(16)11(12)18/h4H,3H2,1-2H3. The predicted octanol–water partition coefficient (Wildman–Crippen LogP) is 3.36. The summed E-state index contributed by atoms with van der Waals surface area (Å²) in [5.41, 5.74) is 0.272. The Morgan fingerprint density at radius 3 is 2.04 bits per heavy atom. The van der Waals surface area contributed by atoms with Crippen LogP contribution in [-0.4, -0.2) is 24.1 Å². The second-order valence-electron chi connectivity index (χ2n) is 4.50. The topological polar surface area (TPSA) is 69.2 Å². The van der Waals surface area contributed by atoms with Crippen LogP contribution in [0.4, 0.5) is 22.0 Å². The molecule has 0 aliphatic heterocycles. The molecule has 0 bridgehead atoms. The fourth-order valence-corrected chi connectivity index (χ4v) is 3.34. The predicted molar refractivity (Wildman–Crippen MR) is 77.2 cm³/mol. The Bertz CT molecular complexity index is 909. The van der Waals surface area contributed by atoms with Crippen molar-refractivity contribution in [1.82, 2.24) is 9.97 Å². The van der Waals surface area contributed by atoms with E-state index in [4.69, 9.17) is 0 Å². The quantitative estimate of drug-likeness (QED) is 0.191. The van der Waals surface area contributed by atoms with Gasteiger partial charge >= 0.3 is 10.1 Å². The normalized spacial score (nSPS) is 11.6. The molecule has 0 aliphatic carbocycles. The molecule has 0 aliphatic rings. The van der Waals surface area contributed by atoms with E-state index in [-0.39, 0.29) is 10.9 Å². The molecule has 2 aromatic rings. The average Bonchev–Trinajstić information content (AvgIpc) is 2.50. The van der Waals surface area contributed by atoms with Crippen LogP contribution in [0.15, 0.2) is 16.1 Å². The summed E-state index contributed by atoms with van der Waals surface area (Å²) in [6.45, 7) is 3.24. The van der Waals surface area contributed by atoms with Gasteiger partial charge in [0.2, 0.25) is 11.7 Å². The van der Waals surface area contributed by atoms with Crippen molar-refractivity contribution < 1.29 is 34.6 Å². The summed E-state index contributed by atoms with van der Waals surface area (Å²) in [6.07, 6.45) is 0. The van der Waals surface area contributed by atoms with Crippen molar-refractivity contribution in [2.75, 3.05) is 5.75 Å². The summed E-state index contributed by atoms with van der Waals surface area (Å²) in [5, 5.41) is 0.116. The lowest BCUT2D eigenvalue weighted by atomic mass is 10.3. The van der Waals surface area contributed by atoms with Crippen LogP contribution >= 0.6 is 11.8 Å². The van der Waals surface area contributed by atoms with Gasteiger partial charge < -0.3 is 4.18 Å². The number of hydrogen-bond acceptors (Lipinski definition) is 6. The summed E-state index contributed by atoms with van der Waals surface area (Å²) >= 11 is 1.12. The maximum atomic E-state index is 13.7. The van der Waals surface area contributed by atoms with Crippen molar-refractivity contribution >= 4 is 21.9 Å². The molecule has 0 N–H and O–H groups in total. The van der Waals surface area contributed by atoms with Gasteiger partial charge in [-0.25, -0.2) is 26.9 Å². The first-order valence-corrected chi connectivity index (χ1v) is 8.92. The molecule has 2 rings (SSSR count). The van der Waals surface area contributed by atoms with Crippen molar-refractivity contribution in [3.63, 3.8) is 0 Å². The van der Waals surface area contributed by atoms with Gasteiger partial charge in [-0.3, -0.25) is 0 Å². The molecule has 0 spiro atoms. The first-order valence-electron chi connectivity index (χ1n) is 6.52. The number of halogens is 5. The number of rotatable bonds is 5. The van der Waals surface area contributed by atoms with E-state index in [1.165, 1.54) is 6.92 Å². The SMILES string of the molecule is CCSc1nc(C)cc(OS(=O)(=O)c2c(F)c(F)c(F)c(F)c2F)n1. The van der Waals surface area contributed by atoms with Gasteiger partial charge in [-0.2, -0.15) is 13.4 Å². The second-order valence-corrected chi connectivity index (χ2v) is 7.21. The molecule has 1 aromatic carbocycles. The zero-order valence-electron chi connectivity index (χ0n) is 12.6. The lowest BCUT2D eigenvalue weighted by Crippen LogP contribution is -2.18. The van der Waals surface area contributed by atoms with Gasteiger partial charge in [0.05, 0.1) is 0 Å². The maximum absolute atomic E-state index is 13.7. The van der Waals surface area contributed by atoms with Crippen LogP contribution in [-0.2, 0) is 10.1 Å². The molecule has 0 saturated heterocycles. The van der Waals surface area contributed by atoms with E-state index in [2.05, 4.69) is 14.2 Å². The fourth-order valence-electron chi connectivity index (χ4n) is 1.71. The van der Waals surface area contributed by atoms with E-state index in [9.17, 15) is 30.4 Å². The average molecular weight is 400 g/mol. The molecular weight excluding hydrogens is 391 g/mol. The molecule has 0 atom stereocenters. The van der Waals surface area contributed by atoms with Crippen LogP contribution in [0.5, 0.6) is 5.88 Å². The molecule has 0 saturated carbocycles. The minimum absolute atomic E-state index is 0.116. The molecule has 1 aromatic heterocycles. The van der Waals surface area contributed by atoms with Crippen molar-refractivity contribution in [3.8, 4) is 5.88 Å². The van der Waals surface area contributed by atoms with E-state index in [0.29, 0.717) is 5.75 Å². The van der Waals surface area contributed by atoms with E-state index in [1.807, 2.05) is 0 Å². The lowest BCUT2D eigenvalue weighted by molar-refractivity contribution is 0.352. The third kappa shape index (κ3) is 3.84. The van der Waals surface area contributed by atoms with Gasteiger partial charge in [-0.15, -0.1) is 0 Å². The number of aromatic nitrogens is 2. The number of thioether (sulfide) groups is 1. The Kier molecular flexibility index (Phi) is 5.52. The Morgan fingerprint density at radius 2 is 1.52 bits per heavy atom. The molecule has 1 heterocycles. The summed E-state index contributed by atoms with van der Waals surface area (Å²) in [5.74, 6) is -12.4. The Morgan fingerprint density at radius 1 is 1.00 bits per heavy atom. The maximum Gasteiger partial charge on any atom is 0.346 e. The smallest absolute Gasteiger partial charge is 0.346 e. The molecule has 136 valence electrons. The lowest BCUT2D eigenvalue weighted by Gasteiger charge is -2.10. The molecule has 0 amide bonds. The van der Waals surface area contributed by atoms with Gasteiger partial charge in [-0.05, 0) is 12.7 Å². The zero-order chi connectivity index (χ0) is 18.9. The second kappa shape index (κ2) is 7.12. The van der Waals surface area contributed by atoms with Crippen molar-refractivity contribution in [2.24, 2.45) is 0 Å². The fraction of sp³-hybridized carbons (Fsp3) is 0.231. The minimum Gasteiger partial charge on any atom is -0.358 e. The highest BCUT2D eigenvalue weighted by Crippen LogP contribution is 2.29. The third-order valence-electron chi connectivity index (χ3n) is 2.70. The molecule has 0 radical (unpaired) electrons. The Balaban J connectivity index is 2.55. The van der Waals surface area contributed by atoms with E-state index >= 15 is 0 Å². The molecule has 25 heavy (non-hydrogen) atoms. The summed E-state index contributed by atoms with van der Waals surface area (Å²) in [4.78, 5) is 5.57. The summed E-state index contributed by atoms with van der Waals surface area (Å²) < 4.78 is 95.2. The largest absolute Gasteiger partial charge is 0.358 e. The van der Waals surface area contributed by atoms with Crippen molar-refractivity contribution in [2.45, 2.75) is 23.9 Å². The van der Waals surface area contributed by atoms with Gasteiger partial charge in [0.1, 0.15) is 0 Å². The molecule has 5 nitrogen and oxygen atoms in total. The highest BCUT2D eigenvalue weighted by atomic mass is 32.2. The minimum atomic E-state index is -5.38. The number of hydrogen-bond donors (Lipinski definition) is 0. The number of nitrogens with zero attached hydrogens (tertiary/aromatic N) is 2. The molecular formula is C13H9F5N2O3S2. The van der Waals surface area contributed by atoms with Gasteiger partial charge in [0.25, 0.3) is 0 Å². The first kappa shape index (κ1) is 19.4. The summed E-state index contributed by atoms with van der Waals surface area (Å²) in [7, 11) is -5.38. The Labute approximate surface area is 143 Å². The van der Waals surface area contributed by atoms with Crippen LogP contribution in [0.3, 0.4) is 0 Å². The molecule has 12 heteroatoms.